The van der Waals surface area contributed by atoms with E-state index >= 15 is 0 Å². The monoisotopic (exact) mass is 591 g/mol. The van der Waals surface area contributed by atoms with Gasteiger partial charge in [0, 0.05) is 28.6 Å². The van der Waals surface area contributed by atoms with Crippen LogP contribution >= 0.6 is 0 Å². The first-order chi connectivity index (χ1) is 18.7. The molecule has 8 heteroatoms. The van der Waals surface area contributed by atoms with E-state index in [1.54, 1.807) is 0 Å². The molecule has 41 heavy (non-hydrogen) atoms. The largest absolute Gasteiger partial charge is 0.559 e. The second-order valence-electron chi connectivity index (χ2n) is 14.5. The van der Waals surface area contributed by atoms with Crippen LogP contribution < -0.4 is 0 Å². The van der Waals surface area contributed by atoms with Crippen molar-refractivity contribution in [3.05, 3.63) is 69.3 Å². The van der Waals surface area contributed by atoms with Crippen LogP contribution in [-0.2, 0) is 17.0 Å². The molecule has 0 amide bonds. The number of aliphatic hydroxyl groups is 1. The van der Waals surface area contributed by atoms with Crippen LogP contribution in [0.1, 0.15) is 131 Å². The molecule has 0 fully saturated rings. The van der Waals surface area contributed by atoms with Crippen LogP contribution in [0.15, 0.2) is 24.3 Å². The van der Waals surface area contributed by atoms with Gasteiger partial charge in [-0.1, -0.05) is 60.6 Å². The number of aliphatic hydroxyl groups excluding tert-OH is 1. The molecule has 1 aromatic heterocycles. The van der Waals surface area contributed by atoms with Gasteiger partial charge in [0.05, 0.1) is 5.56 Å². The average molecular weight is 592 g/mol. The number of benzene rings is 1. The first-order valence-corrected chi connectivity index (χ1v) is 17.6. The van der Waals surface area contributed by atoms with E-state index in [1.165, 1.54) is 6.07 Å². The van der Waals surface area contributed by atoms with Crippen LogP contribution in [0.2, 0.25) is 18.1 Å². The fourth-order valence-corrected chi connectivity index (χ4v) is 7.25. The molecular weight excluding hydrogens is 546 g/mol. The van der Waals surface area contributed by atoms with Gasteiger partial charge in [0.25, 0.3) is 0 Å². The Morgan fingerprint density at radius 3 is 2.29 bits per heavy atom. The highest BCUT2D eigenvalue weighted by molar-refractivity contribution is 6.74. The van der Waals surface area contributed by atoms with Crippen LogP contribution in [-0.4, -0.2) is 18.4 Å². The van der Waals surface area contributed by atoms with Crippen LogP contribution in [0, 0.1) is 11.2 Å². The van der Waals surface area contributed by atoms with Crippen LogP contribution in [0.3, 0.4) is 0 Å². The van der Waals surface area contributed by atoms with E-state index in [4.69, 9.17) is 9.41 Å². The minimum Gasteiger partial charge on any atom is -0.559 e. The minimum absolute atomic E-state index is 0.0209. The van der Waals surface area contributed by atoms with Gasteiger partial charge in [-0.05, 0) is 80.6 Å². The van der Waals surface area contributed by atoms with E-state index in [-0.39, 0.29) is 28.0 Å². The van der Waals surface area contributed by atoms with E-state index in [0.717, 1.165) is 66.6 Å². The van der Waals surface area contributed by atoms with Gasteiger partial charge in [0.2, 0.25) is 0 Å². The quantitative estimate of drug-likeness (QED) is 0.268. The average Bonchev–Trinajstić information content (AvgIpc) is 3.34. The Labute approximate surface area is 243 Å². The summed E-state index contributed by atoms with van der Waals surface area (Å²) in [7, 11) is -2.23. The molecule has 2 atom stereocenters. The Balaban J connectivity index is 2.01. The molecule has 0 unspecified atom stereocenters. The molecule has 0 aliphatic heterocycles. The highest BCUT2D eigenvalue weighted by atomic mass is 28.4. The Kier molecular flexibility index (Phi) is 8.49. The normalized spacial score (nSPS) is 20.3. The van der Waals surface area contributed by atoms with Gasteiger partial charge in [0.15, 0.2) is 0 Å². The van der Waals surface area contributed by atoms with E-state index in [0.29, 0.717) is 11.3 Å². The smallest absolute Gasteiger partial charge is 0.419 e. The number of alkyl halides is 3. The second kappa shape index (κ2) is 10.9. The number of pyridine rings is 1. The predicted molar refractivity (Wildman–Crippen MR) is 159 cm³/mol. The van der Waals surface area contributed by atoms with Gasteiger partial charge in [-0.3, -0.25) is 4.98 Å². The van der Waals surface area contributed by atoms with Gasteiger partial charge in [-0.25, -0.2) is 4.39 Å². The zero-order valence-electron chi connectivity index (χ0n) is 25.9. The number of aromatic nitrogens is 1. The number of halogens is 4. The molecule has 3 nitrogen and oxygen atoms in total. The summed E-state index contributed by atoms with van der Waals surface area (Å²) >= 11 is 0. The van der Waals surface area contributed by atoms with Gasteiger partial charge < -0.3 is 9.53 Å². The van der Waals surface area contributed by atoms with E-state index in [9.17, 15) is 22.7 Å². The van der Waals surface area contributed by atoms with E-state index < -0.39 is 32.0 Å². The van der Waals surface area contributed by atoms with Crippen molar-refractivity contribution in [1.29, 1.82) is 0 Å². The Bertz CT molecular complexity index is 1340. The van der Waals surface area contributed by atoms with Crippen molar-refractivity contribution >= 4 is 13.9 Å². The van der Waals surface area contributed by atoms with Crippen molar-refractivity contribution in [1.82, 2.24) is 4.98 Å². The lowest BCUT2D eigenvalue weighted by molar-refractivity contribution is -0.140. The number of fused-ring (bicyclic) bond motifs is 1. The first-order valence-electron chi connectivity index (χ1n) is 14.7. The predicted octanol–water partition coefficient (Wildman–Crippen LogP) is 10.0. The molecule has 4 rings (SSSR count). The molecular formula is C33H45F4NO2Si-. The summed E-state index contributed by atoms with van der Waals surface area (Å²) in [4.78, 5) is 5.18. The number of hydrogen-bond donors (Lipinski definition) is 1. The van der Waals surface area contributed by atoms with Gasteiger partial charge in [-0.2, -0.15) is 13.2 Å². The van der Waals surface area contributed by atoms with E-state index in [1.807, 2.05) is 13.8 Å². The van der Waals surface area contributed by atoms with E-state index in [2.05, 4.69) is 53.8 Å². The summed E-state index contributed by atoms with van der Waals surface area (Å²) < 4.78 is 61.8. The molecule has 1 heterocycles. The van der Waals surface area contributed by atoms with Crippen LogP contribution in [0.4, 0.5) is 17.6 Å². The maximum absolute atomic E-state index is 14.7. The van der Waals surface area contributed by atoms with Gasteiger partial charge in [-0.15, -0.1) is 18.1 Å². The number of hydrogen-bond acceptors (Lipinski definition) is 3. The summed E-state index contributed by atoms with van der Waals surface area (Å²) in [6.45, 7) is 19.6. The third kappa shape index (κ3) is 6.35. The standard InChI is InChI=1S/C33H45F4NO2Si/c1-19(2)29-28(30(39)21-14-15-22(23(34)16-21)33(35,36)37)26(20-12-10-11-13-20)27-24(38-29)17-32(6,7)18-25(27)40-41(8,9)31(3,4)5/h12,14-16,19,25,30,39H,10-11,13,17-18H2,1-9H3/q-1/t25-,30+/m0/s1. The van der Waals surface area contributed by atoms with Crippen molar-refractivity contribution in [3.63, 3.8) is 0 Å². The number of rotatable bonds is 6. The lowest BCUT2D eigenvalue weighted by Gasteiger charge is -2.53. The van der Waals surface area contributed by atoms with Gasteiger partial charge in [0.1, 0.15) is 11.9 Å². The number of allylic oxidation sites excluding steroid dienone is 2. The summed E-state index contributed by atoms with van der Waals surface area (Å²) in [5, 5.41) is 11.9. The Hall–Kier alpha value is -2.03. The maximum atomic E-state index is 14.7. The lowest BCUT2D eigenvalue weighted by Crippen LogP contribution is -2.44. The fraction of sp³-hybridized carbons (Fsp3) is 0.606. The van der Waals surface area contributed by atoms with Crippen molar-refractivity contribution in [3.8, 4) is 0 Å². The molecule has 1 aromatic carbocycles. The fourth-order valence-electron chi connectivity index (χ4n) is 5.99. The maximum Gasteiger partial charge on any atom is 0.419 e. The summed E-state index contributed by atoms with van der Waals surface area (Å²) in [5.74, 6) is -1.47. The zero-order valence-corrected chi connectivity index (χ0v) is 26.9. The Morgan fingerprint density at radius 1 is 1.12 bits per heavy atom. The van der Waals surface area contributed by atoms with Crippen molar-refractivity contribution < 1.29 is 27.1 Å². The van der Waals surface area contributed by atoms with Crippen LogP contribution in [0.25, 0.3) is 5.57 Å². The third-order valence-corrected chi connectivity index (χ3v) is 13.6. The number of nitrogens with zero attached hydrogens (tertiary/aromatic N) is 1. The zero-order chi connectivity index (χ0) is 30.7. The van der Waals surface area contributed by atoms with Crippen molar-refractivity contribution in [2.75, 3.05) is 0 Å². The molecule has 0 bridgehead atoms. The highest BCUT2D eigenvalue weighted by Gasteiger charge is 2.41. The van der Waals surface area contributed by atoms with Crippen LogP contribution in [0.5, 0.6) is 0 Å². The minimum atomic E-state index is -4.81. The third-order valence-electron chi connectivity index (χ3n) is 9.13. The summed E-state index contributed by atoms with van der Waals surface area (Å²) in [6.07, 6.45) is 0.0606. The Morgan fingerprint density at radius 2 is 1.78 bits per heavy atom. The molecule has 2 aliphatic carbocycles. The molecule has 0 saturated carbocycles. The molecule has 1 N–H and O–H groups in total. The molecule has 0 radical (unpaired) electrons. The molecule has 2 aromatic rings. The molecule has 227 valence electrons. The summed E-state index contributed by atoms with van der Waals surface area (Å²) in [5.41, 5.74) is 3.91. The highest BCUT2D eigenvalue weighted by Crippen LogP contribution is 2.52. The molecule has 0 spiro atoms. The SMILES string of the molecule is CC(C)c1nc2c(c(C3=CCCC3)c1[C@H](O)c1ccc(C(F)(F)F)c(F)c1)[C@@H](O[Si-](C)(C)C(C)(C)C)CC(C)(C)C2. The molecule has 0 saturated heterocycles. The lowest BCUT2D eigenvalue weighted by atomic mass is 9.71. The topological polar surface area (TPSA) is 42.4 Å². The van der Waals surface area contributed by atoms with Crippen molar-refractivity contribution in [2.24, 2.45) is 5.41 Å². The second-order valence-corrected chi connectivity index (χ2v) is 19.2. The molecule has 2 aliphatic rings. The van der Waals surface area contributed by atoms with Crippen molar-refractivity contribution in [2.45, 2.75) is 123 Å². The first kappa shape index (κ1) is 31.9. The van der Waals surface area contributed by atoms with Gasteiger partial charge >= 0.3 is 6.18 Å². The summed E-state index contributed by atoms with van der Waals surface area (Å²) in [6, 6.07) is 2.71.